The molecular formula is C17H21NO3S. The van der Waals surface area contributed by atoms with Gasteiger partial charge in [-0.1, -0.05) is 6.07 Å². The molecule has 1 aromatic carbocycles. The number of carbonyl (C=O) groups is 1. The summed E-state index contributed by atoms with van der Waals surface area (Å²) in [6.07, 6.45) is -0.520. The largest absolute Gasteiger partial charge is 0.497 e. The van der Waals surface area contributed by atoms with E-state index in [1.165, 1.54) is 4.88 Å². The number of nitrogens with zero attached hydrogens (tertiary/aromatic N) is 1. The maximum Gasteiger partial charge on any atom is 0.263 e. The number of rotatable bonds is 7. The van der Waals surface area contributed by atoms with Gasteiger partial charge in [-0.2, -0.15) is 0 Å². The fraction of sp³-hybridized carbons (Fsp3) is 0.353. The van der Waals surface area contributed by atoms with Gasteiger partial charge in [0.25, 0.3) is 5.91 Å². The molecule has 2 aromatic rings. The van der Waals surface area contributed by atoms with E-state index in [1.807, 2.05) is 36.6 Å². The van der Waals surface area contributed by atoms with Gasteiger partial charge in [-0.25, -0.2) is 0 Å². The van der Waals surface area contributed by atoms with Crippen LogP contribution < -0.4 is 9.47 Å². The number of ether oxygens (including phenoxy) is 2. The Hall–Kier alpha value is -2.01. The molecule has 0 saturated heterocycles. The second kappa shape index (κ2) is 7.84. The van der Waals surface area contributed by atoms with Gasteiger partial charge in [-0.15, -0.1) is 11.3 Å². The van der Waals surface area contributed by atoms with Gasteiger partial charge in [-0.05, 0) is 49.6 Å². The lowest BCUT2D eigenvalue weighted by Crippen LogP contribution is -2.39. The first-order valence-electron chi connectivity index (χ1n) is 7.26. The Morgan fingerprint density at radius 3 is 2.45 bits per heavy atom. The van der Waals surface area contributed by atoms with Crippen LogP contribution in [0.15, 0.2) is 41.8 Å². The SMILES string of the molecule is CCN(Cc1cccs1)C(=O)C(C)Oc1ccc(OC)cc1. The summed E-state index contributed by atoms with van der Waals surface area (Å²) in [4.78, 5) is 15.5. The van der Waals surface area contributed by atoms with Gasteiger partial charge in [0.1, 0.15) is 11.5 Å². The van der Waals surface area contributed by atoms with Crippen LogP contribution in [0.2, 0.25) is 0 Å². The second-order valence-electron chi connectivity index (χ2n) is 4.87. The van der Waals surface area contributed by atoms with Crippen molar-refractivity contribution in [2.24, 2.45) is 0 Å². The van der Waals surface area contributed by atoms with Gasteiger partial charge >= 0.3 is 0 Å². The molecule has 5 heteroatoms. The first-order chi connectivity index (χ1) is 10.6. The van der Waals surface area contributed by atoms with Gasteiger partial charge in [0.05, 0.1) is 13.7 Å². The van der Waals surface area contributed by atoms with Crippen molar-refractivity contribution in [3.05, 3.63) is 46.7 Å². The average Bonchev–Trinajstić information content (AvgIpc) is 3.05. The van der Waals surface area contributed by atoms with E-state index in [9.17, 15) is 4.79 Å². The number of benzene rings is 1. The molecule has 1 heterocycles. The van der Waals surface area contributed by atoms with Gasteiger partial charge < -0.3 is 14.4 Å². The quantitative estimate of drug-likeness (QED) is 0.783. The lowest BCUT2D eigenvalue weighted by Gasteiger charge is -2.24. The highest BCUT2D eigenvalue weighted by Crippen LogP contribution is 2.19. The first kappa shape index (κ1) is 16.4. The Bertz CT molecular complexity index is 580. The standard InChI is InChI=1S/C17H21NO3S/c1-4-18(12-16-6-5-11-22-16)17(19)13(2)21-15-9-7-14(20-3)8-10-15/h5-11,13H,4,12H2,1-3H3. The Balaban J connectivity index is 1.96. The topological polar surface area (TPSA) is 38.8 Å². The van der Waals surface area contributed by atoms with Crippen LogP contribution in [0.5, 0.6) is 11.5 Å². The van der Waals surface area contributed by atoms with Crippen LogP contribution in [-0.2, 0) is 11.3 Å². The predicted octanol–water partition coefficient (Wildman–Crippen LogP) is 3.57. The molecule has 0 N–H and O–H groups in total. The summed E-state index contributed by atoms with van der Waals surface area (Å²) in [5, 5.41) is 2.02. The summed E-state index contributed by atoms with van der Waals surface area (Å²) >= 11 is 1.66. The van der Waals surface area contributed by atoms with Gasteiger partial charge in [-0.3, -0.25) is 4.79 Å². The number of thiophene rings is 1. The number of amides is 1. The molecule has 1 atom stereocenters. The van der Waals surface area contributed by atoms with E-state index in [0.29, 0.717) is 18.8 Å². The van der Waals surface area contributed by atoms with Gasteiger partial charge in [0.2, 0.25) is 0 Å². The van der Waals surface area contributed by atoms with Crippen molar-refractivity contribution in [1.29, 1.82) is 0 Å². The molecule has 0 saturated carbocycles. The van der Waals surface area contributed by atoms with Crippen molar-refractivity contribution in [3.63, 3.8) is 0 Å². The van der Waals surface area contributed by atoms with E-state index in [0.717, 1.165) is 5.75 Å². The van der Waals surface area contributed by atoms with Crippen molar-refractivity contribution in [2.45, 2.75) is 26.5 Å². The van der Waals surface area contributed by atoms with Crippen molar-refractivity contribution in [1.82, 2.24) is 4.90 Å². The van der Waals surface area contributed by atoms with Crippen LogP contribution in [-0.4, -0.2) is 30.6 Å². The molecule has 0 spiro atoms. The molecule has 118 valence electrons. The molecule has 1 aromatic heterocycles. The Morgan fingerprint density at radius 2 is 1.91 bits per heavy atom. The van der Waals surface area contributed by atoms with E-state index < -0.39 is 6.10 Å². The minimum absolute atomic E-state index is 0.00767. The van der Waals surface area contributed by atoms with Crippen LogP contribution in [0, 0.1) is 0 Å². The molecule has 0 aliphatic carbocycles. The zero-order valence-electron chi connectivity index (χ0n) is 13.1. The van der Waals surface area contributed by atoms with Crippen molar-refractivity contribution in [3.8, 4) is 11.5 Å². The highest BCUT2D eigenvalue weighted by atomic mass is 32.1. The van der Waals surface area contributed by atoms with Crippen molar-refractivity contribution in [2.75, 3.05) is 13.7 Å². The number of likely N-dealkylation sites (N-methyl/N-ethyl adjacent to an activating group) is 1. The minimum atomic E-state index is -0.520. The van der Waals surface area contributed by atoms with E-state index in [4.69, 9.17) is 9.47 Å². The number of methoxy groups -OCH3 is 1. The third-order valence-electron chi connectivity index (χ3n) is 3.34. The predicted molar refractivity (Wildman–Crippen MR) is 88.5 cm³/mol. The maximum atomic E-state index is 12.5. The Kier molecular flexibility index (Phi) is 5.83. The summed E-state index contributed by atoms with van der Waals surface area (Å²) in [5.41, 5.74) is 0. The van der Waals surface area contributed by atoms with E-state index in [1.54, 1.807) is 42.4 Å². The summed E-state index contributed by atoms with van der Waals surface area (Å²) in [5.74, 6) is 1.42. The summed E-state index contributed by atoms with van der Waals surface area (Å²) < 4.78 is 10.8. The molecule has 1 amide bonds. The zero-order valence-corrected chi connectivity index (χ0v) is 13.9. The van der Waals surface area contributed by atoms with E-state index in [2.05, 4.69) is 0 Å². The fourth-order valence-corrected chi connectivity index (χ4v) is 2.82. The maximum absolute atomic E-state index is 12.5. The lowest BCUT2D eigenvalue weighted by molar-refractivity contribution is -0.138. The number of hydrogen-bond donors (Lipinski definition) is 0. The molecule has 0 radical (unpaired) electrons. The van der Waals surface area contributed by atoms with Crippen molar-refractivity contribution < 1.29 is 14.3 Å². The molecule has 22 heavy (non-hydrogen) atoms. The normalized spacial score (nSPS) is 11.8. The molecule has 0 aliphatic heterocycles. The van der Waals surface area contributed by atoms with Crippen LogP contribution in [0.4, 0.5) is 0 Å². The highest BCUT2D eigenvalue weighted by Gasteiger charge is 2.21. The minimum Gasteiger partial charge on any atom is -0.497 e. The molecule has 2 rings (SSSR count). The Labute approximate surface area is 135 Å². The molecule has 0 aliphatic rings. The van der Waals surface area contributed by atoms with Crippen LogP contribution in [0.1, 0.15) is 18.7 Å². The average molecular weight is 319 g/mol. The third-order valence-corrected chi connectivity index (χ3v) is 4.20. The summed E-state index contributed by atoms with van der Waals surface area (Å²) in [6, 6.07) is 11.3. The van der Waals surface area contributed by atoms with Crippen LogP contribution in [0.25, 0.3) is 0 Å². The van der Waals surface area contributed by atoms with Crippen LogP contribution in [0.3, 0.4) is 0 Å². The first-order valence-corrected chi connectivity index (χ1v) is 8.14. The summed E-state index contributed by atoms with van der Waals surface area (Å²) in [7, 11) is 1.62. The number of carbonyl (C=O) groups excluding carboxylic acids is 1. The smallest absolute Gasteiger partial charge is 0.263 e. The molecule has 0 bridgehead atoms. The number of hydrogen-bond acceptors (Lipinski definition) is 4. The van der Waals surface area contributed by atoms with E-state index >= 15 is 0 Å². The molecule has 4 nitrogen and oxygen atoms in total. The monoisotopic (exact) mass is 319 g/mol. The van der Waals surface area contributed by atoms with Crippen molar-refractivity contribution >= 4 is 17.2 Å². The molecule has 1 unspecified atom stereocenters. The lowest BCUT2D eigenvalue weighted by atomic mass is 10.3. The summed E-state index contributed by atoms with van der Waals surface area (Å²) in [6.45, 7) is 5.05. The van der Waals surface area contributed by atoms with E-state index in [-0.39, 0.29) is 5.91 Å². The highest BCUT2D eigenvalue weighted by molar-refractivity contribution is 7.09. The fourth-order valence-electron chi connectivity index (χ4n) is 2.10. The second-order valence-corrected chi connectivity index (χ2v) is 5.90. The third kappa shape index (κ3) is 4.24. The molecular weight excluding hydrogens is 298 g/mol. The molecule has 0 fully saturated rings. The van der Waals surface area contributed by atoms with Gasteiger partial charge in [0, 0.05) is 11.4 Å². The zero-order chi connectivity index (χ0) is 15.9. The Morgan fingerprint density at radius 1 is 1.23 bits per heavy atom. The van der Waals surface area contributed by atoms with Crippen LogP contribution >= 0.6 is 11.3 Å². The van der Waals surface area contributed by atoms with Gasteiger partial charge in [0.15, 0.2) is 6.10 Å².